The van der Waals surface area contributed by atoms with Gasteiger partial charge in [0.15, 0.2) is 5.75 Å². The maximum absolute atomic E-state index is 13.9. The first-order valence-corrected chi connectivity index (χ1v) is 13.6. The number of hydrogen-bond donors (Lipinski definition) is 3. The summed E-state index contributed by atoms with van der Waals surface area (Å²) in [6.07, 6.45) is -0.156. The van der Waals surface area contributed by atoms with Crippen molar-refractivity contribution < 1.29 is 23.5 Å². The first-order valence-electron chi connectivity index (χ1n) is 13.6. The zero-order chi connectivity index (χ0) is 29.9. The fourth-order valence-electron chi connectivity index (χ4n) is 4.30. The molecule has 0 heterocycles. The number of carbonyl (C=O) groups excluding carboxylic acids is 3. The number of nitrogens with two attached hydrogens (primary N) is 1. The molecule has 0 atom stereocenters. The summed E-state index contributed by atoms with van der Waals surface area (Å²) >= 11 is 0. The Morgan fingerprint density at radius 2 is 1.60 bits per heavy atom. The number of nitrogens with zero attached hydrogens (tertiary/aromatic N) is 1. The summed E-state index contributed by atoms with van der Waals surface area (Å²) in [5.74, 6) is -0.220. The molecule has 0 radical (unpaired) electrons. The summed E-state index contributed by atoms with van der Waals surface area (Å²) in [7, 11) is 0. The highest BCUT2D eigenvalue weighted by Gasteiger charge is 2.21. The van der Waals surface area contributed by atoms with E-state index in [1.807, 2.05) is 42.5 Å². The van der Waals surface area contributed by atoms with Crippen molar-refractivity contribution in [2.45, 2.75) is 39.4 Å². The Bertz CT molecular complexity index is 1540. The lowest BCUT2D eigenvalue weighted by molar-refractivity contribution is -0.125. The minimum atomic E-state index is -0.404. The van der Waals surface area contributed by atoms with E-state index >= 15 is 0 Å². The van der Waals surface area contributed by atoms with E-state index in [4.69, 9.17) is 10.5 Å². The summed E-state index contributed by atoms with van der Waals surface area (Å²) in [5.41, 5.74) is 9.03. The van der Waals surface area contributed by atoms with E-state index < -0.39 is 5.82 Å². The topological polar surface area (TPSA) is 114 Å². The van der Waals surface area contributed by atoms with Crippen molar-refractivity contribution >= 4 is 29.1 Å². The molecule has 0 saturated heterocycles. The number of hydrogen-bond acceptors (Lipinski definition) is 5. The third-order valence-electron chi connectivity index (χ3n) is 6.43. The average Bonchev–Trinajstić information content (AvgIpc) is 2.99. The van der Waals surface area contributed by atoms with Gasteiger partial charge >= 0.3 is 0 Å². The fraction of sp³-hybridized carbons (Fsp3) is 0.182. The van der Waals surface area contributed by atoms with Crippen LogP contribution in [0.2, 0.25) is 0 Å². The summed E-state index contributed by atoms with van der Waals surface area (Å²) < 4.78 is 20.1. The van der Waals surface area contributed by atoms with E-state index in [1.165, 1.54) is 13.0 Å². The maximum atomic E-state index is 13.9. The van der Waals surface area contributed by atoms with Crippen LogP contribution in [0.5, 0.6) is 11.5 Å². The Kier molecular flexibility index (Phi) is 10.4. The van der Waals surface area contributed by atoms with Gasteiger partial charge in [0.25, 0.3) is 0 Å². The Balaban J connectivity index is 1.54. The van der Waals surface area contributed by atoms with Crippen LogP contribution in [-0.4, -0.2) is 17.7 Å². The zero-order valence-electron chi connectivity index (χ0n) is 23.3. The number of amides is 3. The molecular weight excluding hydrogens is 535 g/mol. The maximum Gasteiger partial charge on any atom is 0.227 e. The average molecular weight is 569 g/mol. The van der Waals surface area contributed by atoms with Crippen LogP contribution in [0.4, 0.5) is 15.8 Å². The molecule has 0 bridgehead atoms. The first-order chi connectivity index (χ1) is 20.3. The van der Waals surface area contributed by atoms with E-state index in [2.05, 4.69) is 10.6 Å². The standard InChI is InChI=1S/C33H33FN4O4/c1-23(39)37-27-15-13-24(14-16-27)22-38(33(41)18-17-32(40)36-21-26-8-2-3-10-29(26)34)30-11-4-5-12-31(30)42-28-9-6-7-25(19-28)20-35/h2-16,19H,17-18,20-22,35H2,1H3,(H,36,40)(H,37,39). The van der Waals surface area contributed by atoms with Gasteiger partial charge in [0.1, 0.15) is 11.6 Å². The van der Waals surface area contributed by atoms with Gasteiger partial charge in [0, 0.05) is 44.1 Å². The minimum absolute atomic E-state index is 0.0304. The predicted octanol–water partition coefficient (Wildman–Crippen LogP) is 5.66. The lowest BCUT2D eigenvalue weighted by Gasteiger charge is -2.25. The van der Waals surface area contributed by atoms with Crippen molar-refractivity contribution in [3.63, 3.8) is 0 Å². The van der Waals surface area contributed by atoms with Gasteiger partial charge < -0.3 is 26.0 Å². The van der Waals surface area contributed by atoms with Crippen molar-refractivity contribution in [1.82, 2.24) is 5.32 Å². The molecule has 42 heavy (non-hydrogen) atoms. The van der Waals surface area contributed by atoms with Crippen LogP contribution in [0, 0.1) is 5.82 Å². The van der Waals surface area contributed by atoms with Crippen LogP contribution in [0.3, 0.4) is 0 Å². The second kappa shape index (κ2) is 14.6. The molecule has 8 nitrogen and oxygen atoms in total. The van der Waals surface area contributed by atoms with E-state index in [-0.39, 0.29) is 43.7 Å². The van der Waals surface area contributed by atoms with Crippen molar-refractivity contribution in [2.24, 2.45) is 5.73 Å². The predicted molar refractivity (Wildman–Crippen MR) is 160 cm³/mol. The quantitative estimate of drug-likeness (QED) is 0.204. The molecule has 9 heteroatoms. The van der Waals surface area contributed by atoms with Gasteiger partial charge in [0.2, 0.25) is 17.7 Å². The molecule has 0 aliphatic heterocycles. The molecule has 0 fully saturated rings. The summed E-state index contributed by atoms with van der Waals surface area (Å²) in [6, 6.07) is 27.9. The Hall–Kier alpha value is -5.02. The Labute approximate surface area is 244 Å². The van der Waals surface area contributed by atoms with Crippen molar-refractivity contribution in [3.8, 4) is 11.5 Å². The SMILES string of the molecule is CC(=O)Nc1ccc(CN(C(=O)CCC(=O)NCc2ccccc2F)c2ccccc2Oc2cccc(CN)c2)cc1. The second-order valence-electron chi connectivity index (χ2n) is 9.65. The second-order valence-corrected chi connectivity index (χ2v) is 9.65. The molecule has 0 aromatic heterocycles. The third-order valence-corrected chi connectivity index (χ3v) is 6.43. The zero-order valence-corrected chi connectivity index (χ0v) is 23.3. The van der Waals surface area contributed by atoms with E-state index in [1.54, 1.807) is 53.4 Å². The highest BCUT2D eigenvalue weighted by atomic mass is 19.1. The minimum Gasteiger partial charge on any atom is -0.455 e. The van der Waals surface area contributed by atoms with Crippen LogP contribution in [0.15, 0.2) is 97.1 Å². The number of benzene rings is 4. The van der Waals surface area contributed by atoms with Crippen LogP contribution in [-0.2, 0) is 34.0 Å². The van der Waals surface area contributed by atoms with Crippen LogP contribution >= 0.6 is 0 Å². The van der Waals surface area contributed by atoms with Gasteiger partial charge in [-0.05, 0) is 53.6 Å². The molecule has 0 aliphatic rings. The summed E-state index contributed by atoms with van der Waals surface area (Å²) in [5, 5.41) is 5.41. The molecule has 4 rings (SSSR count). The van der Waals surface area contributed by atoms with Crippen LogP contribution in [0.25, 0.3) is 0 Å². The highest BCUT2D eigenvalue weighted by molar-refractivity contribution is 5.96. The molecular formula is C33H33FN4O4. The molecule has 0 unspecified atom stereocenters. The molecule has 4 aromatic rings. The molecule has 4 N–H and O–H groups in total. The van der Waals surface area contributed by atoms with Gasteiger partial charge in [-0.25, -0.2) is 4.39 Å². The smallest absolute Gasteiger partial charge is 0.227 e. The van der Waals surface area contributed by atoms with Gasteiger partial charge in [-0.15, -0.1) is 0 Å². The lowest BCUT2D eigenvalue weighted by Crippen LogP contribution is -2.32. The number of para-hydroxylation sites is 2. The van der Waals surface area contributed by atoms with E-state index in [0.717, 1.165) is 11.1 Å². The highest BCUT2D eigenvalue weighted by Crippen LogP contribution is 2.34. The van der Waals surface area contributed by atoms with Crippen LogP contribution < -0.4 is 26.0 Å². The summed E-state index contributed by atoms with van der Waals surface area (Å²) in [4.78, 5) is 39.2. The third kappa shape index (κ3) is 8.49. The van der Waals surface area contributed by atoms with Gasteiger partial charge in [-0.2, -0.15) is 0 Å². The fourth-order valence-corrected chi connectivity index (χ4v) is 4.30. The Morgan fingerprint density at radius 3 is 2.33 bits per heavy atom. The Morgan fingerprint density at radius 1 is 0.857 bits per heavy atom. The van der Waals surface area contributed by atoms with Gasteiger partial charge in [-0.3, -0.25) is 14.4 Å². The normalized spacial score (nSPS) is 10.5. The lowest BCUT2D eigenvalue weighted by atomic mass is 10.1. The van der Waals surface area contributed by atoms with E-state index in [9.17, 15) is 18.8 Å². The number of carbonyl (C=O) groups is 3. The molecule has 0 aliphatic carbocycles. The van der Waals surface area contributed by atoms with Crippen molar-refractivity contribution in [3.05, 3.63) is 120 Å². The largest absolute Gasteiger partial charge is 0.455 e. The summed E-state index contributed by atoms with van der Waals surface area (Å²) in [6.45, 7) is 2.01. The van der Waals surface area contributed by atoms with Crippen molar-refractivity contribution in [1.29, 1.82) is 0 Å². The molecule has 0 spiro atoms. The number of anilines is 2. The molecule has 4 aromatic carbocycles. The van der Waals surface area contributed by atoms with Gasteiger partial charge in [-0.1, -0.05) is 54.6 Å². The van der Waals surface area contributed by atoms with E-state index in [0.29, 0.717) is 35.0 Å². The number of nitrogens with one attached hydrogen (secondary N) is 2. The van der Waals surface area contributed by atoms with Crippen LogP contribution in [0.1, 0.15) is 36.5 Å². The van der Waals surface area contributed by atoms with Crippen molar-refractivity contribution in [2.75, 3.05) is 10.2 Å². The molecule has 0 saturated carbocycles. The monoisotopic (exact) mass is 568 g/mol. The first kappa shape index (κ1) is 30.0. The molecule has 216 valence electrons. The number of ether oxygens (including phenoxy) is 1. The number of rotatable bonds is 12. The van der Waals surface area contributed by atoms with Gasteiger partial charge in [0.05, 0.1) is 12.2 Å². The number of halogens is 1. The molecule has 3 amide bonds.